The number of benzene rings is 2. The number of furan rings is 1. The fourth-order valence-corrected chi connectivity index (χ4v) is 2.52. The highest BCUT2D eigenvalue weighted by atomic mass is 16.6. The van der Waals surface area contributed by atoms with E-state index < -0.39 is 16.7 Å². The molecule has 1 aromatic heterocycles. The van der Waals surface area contributed by atoms with Crippen molar-refractivity contribution in [2.24, 2.45) is 5.10 Å². The predicted octanol–water partition coefficient (Wildman–Crippen LogP) is 3.34. The minimum absolute atomic E-state index is 0.0247. The number of carbonyl (C=O) groups excluding carboxylic acids is 2. The maximum Gasteiger partial charge on any atom is 0.329 e. The number of nitro groups is 1. The van der Waals surface area contributed by atoms with E-state index in [-0.39, 0.29) is 5.69 Å². The molecule has 0 aliphatic heterocycles. The molecule has 10 heteroatoms. The highest BCUT2D eigenvalue weighted by molar-refractivity contribution is 6.39. The molecule has 0 saturated heterocycles. The third-order valence-electron chi connectivity index (χ3n) is 3.98. The van der Waals surface area contributed by atoms with Gasteiger partial charge in [-0.15, -0.1) is 0 Å². The van der Waals surface area contributed by atoms with Crippen LogP contribution in [0.1, 0.15) is 12.7 Å². The fraction of sp³-hybridized carbons (Fsp3) is 0.0952. The summed E-state index contributed by atoms with van der Waals surface area (Å²) in [6.07, 6.45) is 1.23. The van der Waals surface area contributed by atoms with Crippen LogP contribution in [0.25, 0.3) is 11.3 Å². The van der Waals surface area contributed by atoms with Gasteiger partial charge in [-0.3, -0.25) is 19.7 Å². The van der Waals surface area contributed by atoms with Crippen molar-refractivity contribution >= 4 is 29.4 Å². The van der Waals surface area contributed by atoms with Crippen molar-refractivity contribution in [3.63, 3.8) is 0 Å². The smallest absolute Gasteiger partial charge is 0.329 e. The number of hydrogen-bond donors (Lipinski definition) is 2. The number of carbonyl (C=O) groups is 2. The Labute approximate surface area is 176 Å². The minimum atomic E-state index is -0.952. The van der Waals surface area contributed by atoms with Crippen LogP contribution < -0.4 is 15.5 Å². The molecule has 0 saturated carbocycles. The van der Waals surface area contributed by atoms with Gasteiger partial charge in [0.25, 0.3) is 5.69 Å². The van der Waals surface area contributed by atoms with E-state index in [4.69, 9.17) is 9.15 Å². The van der Waals surface area contributed by atoms with E-state index in [1.54, 1.807) is 48.5 Å². The summed E-state index contributed by atoms with van der Waals surface area (Å²) in [5.41, 5.74) is 3.16. The molecular formula is C21H18N4O6. The SMILES string of the molecule is CCOc1ccc(NC(=O)C(=O)N/N=C/c2ccc(-c3ccc([N+](=O)[O-])cc3)o2)cc1. The fourth-order valence-electron chi connectivity index (χ4n) is 2.52. The van der Waals surface area contributed by atoms with Gasteiger partial charge in [0.05, 0.1) is 17.7 Å². The quantitative estimate of drug-likeness (QED) is 0.259. The number of ether oxygens (including phenoxy) is 1. The summed E-state index contributed by atoms with van der Waals surface area (Å²) < 4.78 is 10.9. The summed E-state index contributed by atoms with van der Waals surface area (Å²) in [5, 5.41) is 16.9. The third kappa shape index (κ3) is 5.76. The highest BCUT2D eigenvalue weighted by Crippen LogP contribution is 2.24. The van der Waals surface area contributed by atoms with Gasteiger partial charge in [0.2, 0.25) is 0 Å². The van der Waals surface area contributed by atoms with Crippen molar-refractivity contribution in [2.75, 3.05) is 11.9 Å². The van der Waals surface area contributed by atoms with Crippen LogP contribution in [-0.4, -0.2) is 29.6 Å². The van der Waals surface area contributed by atoms with Crippen LogP contribution in [0.15, 0.2) is 70.2 Å². The average Bonchev–Trinajstić information content (AvgIpc) is 3.24. The van der Waals surface area contributed by atoms with Crippen LogP contribution in [0.3, 0.4) is 0 Å². The molecule has 1 heterocycles. The molecule has 0 spiro atoms. The number of nitrogens with one attached hydrogen (secondary N) is 2. The number of non-ortho nitro benzene ring substituents is 1. The van der Waals surface area contributed by atoms with Gasteiger partial charge in [0, 0.05) is 23.4 Å². The molecule has 2 amide bonds. The first-order chi connectivity index (χ1) is 15.0. The number of nitrogens with zero attached hydrogens (tertiary/aromatic N) is 2. The molecule has 0 bridgehead atoms. The molecule has 0 atom stereocenters. The summed E-state index contributed by atoms with van der Waals surface area (Å²) in [6.45, 7) is 2.39. The first kappa shape index (κ1) is 21.2. The Morgan fingerprint density at radius 1 is 1.06 bits per heavy atom. The first-order valence-corrected chi connectivity index (χ1v) is 9.18. The zero-order chi connectivity index (χ0) is 22.2. The number of rotatable bonds is 7. The second kappa shape index (κ2) is 9.83. The van der Waals surface area contributed by atoms with Crippen LogP contribution in [0.4, 0.5) is 11.4 Å². The molecule has 2 N–H and O–H groups in total. The third-order valence-corrected chi connectivity index (χ3v) is 3.98. The van der Waals surface area contributed by atoms with E-state index in [9.17, 15) is 19.7 Å². The number of amides is 2. The lowest BCUT2D eigenvalue weighted by Crippen LogP contribution is -2.32. The van der Waals surface area contributed by atoms with Gasteiger partial charge in [0.15, 0.2) is 0 Å². The second-order valence-corrected chi connectivity index (χ2v) is 6.12. The molecule has 10 nitrogen and oxygen atoms in total. The maximum atomic E-state index is 11.9. The largest absolute Gasteiger partial charge is 0.494 e. The second-order valence-electron chi connectivity index (χ2n) is 6.12. The molecule has 2 aromatic carbocycles. The van der Waals surface area contributed by atoms with Gasteiger partial charge in [-0.05, 0) is 55.5 Å². The summed E-state index contributed by atoms with van der Waals surface area (Å²) in [4.78, 5) is 34.0. The summed E-state index contributed by atoms with van der Waals surface area (Å²) in [7, 11) is 0. The molecule has 0 aliphatic rings. The Hall–Kier alpha value is -4.47. The van der Waals surface area contributed by atoms with Crippen LogP contribution >= 0.6 is 0 Å². The average molecular weight is 422 g/mol. The van der Waals surface area contributed by atoms with Crippen LogP contribution in [0, 0.1) is 10.1 Å². The molecule has 31 heavy (non-hydrogen) atoms. The lowest BCUT2D eigenvalue weighted by Gasteiger charge is -2.06. The van der Waals surface area contributed by atoms with Crippen molar-refractivity contribution in [3.05, 3.63) is 76.5 Å². The Bertz CT molecular complexity index is 1100. The minimum Gasteiger partial charge on any atom is -0.494 e. The number of nitro benzene ring substituents is 1. The molecular weight excluding hydrogens is 404 g/mol. The number of hydrazone groups is 1. The van der Waals surface area contributed by atoms with Crippen molar-refractivity contribution in [1.29, 1.82) is 0 Å². The molecule has 3 aromatic rings. The van der Waals surface area contributed by atoms with E-state index >= 15 is 0 Å². The van der Waals surface area contributed by atoms with Gasteiger partial charge < -0.3 is 14.5 Å². The molecule has 3 rings (SSSR count). The lowest BCUT2D eigenvalue weighted by atomic mass is 10.1. The van der Waals surface area contributed by atoms with E-state index in [0.29, 0.717) is 35.1 Å². The standard InChI is InChI=1S/C21H18N4O6/c1-2-30-17-9-5-15(6-10-17)23-20(26)21(27)24-22-13-18-11-12-19(31-18)14-3-7-16(8-4-14)25(28)29/h3-13H,2H2,1H3,(H,23,26)(H,24,27)/b22-13+. The van der Waals surface area contributed by atoms with Crippen LogP contribution in [0.5, 0.6) is 5.75 Å². The summed E-state index contributed by atoms with van der Waals surface area (Å²) in [6, 6.07) is 15.7. The van der Waals surface area contributed by atoms with Gasteiger partial charge in [-0.25, -0.2) is 5.43 Å². The molecule has 158 valence electrons. The Balaban J connectivity index is 1.53. The molecule has 0 fully saturated rings. The van der Waals surface area contributed by atoms with Gasteiger partial charge in [-0.1, -0.05) is 0 Å². The molecule has 0 radical (unpaired) electrons. The summed E-state index contributed by atoms with van der Waals surface area (Å²) in [5.74, 6) is -0.391. The van der Waals surface area contributed by atoms with E-state index in [1.807, 2.05) is 6.92 Å². The van der Waals surface area contributed by atoms with Crippen molar-refractivity contribution in [2.45, 2.75) is 6.92 Å². The Morgan fingerprint density at radius 3 is 2.42 bits per heavy atom. The van der Waals surface area contributed by atoms with E-state index in [2.05, 4.69) is 15.8 Å². The van der Waals surface area contributed by atoms with Gasteiger partial charge in [-0.2, -0.15) is 5.10 Å². The van der Waals surface area contributed by atoms with Gasteiger partial charge in [0.1, 0.15) is 17.3 Å². The highest BCUT2D eigenvalue weighted by Gasteiger charge is 2.13. The maximum absolute atomic E-state index is 11.9. The van der Waals surface area contributed by atoms with Crippen molar-refractivity contribution in [3.8, 4) is 17.1 Å². The van der Waals surface area contributed by atoms with E-state index in [0.717, 1.165) is 0 Å². The Kier molecular flexibility index (Phi) is 6.74. The van der Waals surface area contributed by atoms with Crippen LogP contribution in [0.2, 0.25) is 0 Å². The monoisotopic (exact) mass is 422 g/mol. The number of anilines is 1. The predicted molar refractivity (Wildman–Crippen MR) is 113 cm³/mol. The van der Waals surface area contributed by atoms with Crippen molar-refractivity contribution in [1.82, 2.24) is 5.43 Å². The van der Waals surface area contributed by atoms with Gasteiger partial charge >= 0.3 is 11.8 Å². The first-order valence-electron chi connectivity index (χ1n) is 9.18. The van der Waals surface area contributed by atoms with E-state index in [1.165, 1.54) is 18.3 Å². The molecule has 0 unspecified atom stereocenters. The van der Waals surface area contributed by atoms with Crippen LogP contribution in [-0.2, 0) is 9.59 Å². The normalized spacial score (nSPS) is 10.6. The Morgan fingerprint density at radius 2 is 1.77 bits per heavy atom. The zero-order valence-electron chi connectivity index (χ0n) is 16.4. The summed E-state index contributed by atoms with van der Waals surface area (Å²) >= 11 is 0. The molecule has 0 aliphatic carbocycles. The lowest BCUT2D eigenvalue weighted by molar-refractivity contribution is -0.384. The van der Waals surface area contributed by atoms with Crippen molar-refractivity contribution < 1.29 is 23.7 Å². The topological polar surface area (TPSA) is 136 Å². The number of hydrogen-bond acceptors (Lipinski definition) is 7. The zero-order valence-corrected chi connectivity index (χ0v) is 16.4.